The predicted molar refractivity (Wildman–Crippen MR) is 72.5 cm³/mol. The summed E-state index contributed by atoms with van der Waals surface area (Å²) in [5, 5.41) is 0. The molecule has 0 saturated heterocycles. The van der Waals surface area contributed by atoms with Crippen LogP contribution in [0.15, 0.2) is 22.7 Å². The van der Waals surface area contributed by atoms with Gasteiger partial charge in [0.2, 0.25) is 0 Å². The first-order valence-electron chi connectivity index (χ1n) is 5.77. The third kappa shape index (κ3) is 3.23. The lowest BCUT2D eigenvalue weighted by molar-refractivity contribution is 0.296. The van der Waals surface area contributed by atoms with E-state index in [1.807, 2.05) is 18.2 Å². The van der Waals surface area contributed by atoms with Gasteiger partial charge in [-0.2, -0.15) is 0 Å². The van der Waals surface area contributed by atoms with E-state index < -0.39 is 0 Å². The Hall–Kier alpha value is -1.00. The van der Waals surface area contributed by atoms with Crippen molar-refractivity contribution in [3.8, 4) is 11.5 Å². The molecule has 4 heteroatoms. The summed E-state index contributed by atoms with van der Waals surface area (Å²) in [6.45, 7) is 2.07. The number of hydrogen-bond acceptors (Lipinski definition) is 3. The average Bonchev–Trinajstić information content (AvgIpc) is 2.55. The molecule has 0 bridgehead atoms. The number of benzene rings is 1. The van der Waals surface area contributed by atoms with Crippen LogP contribution in [-0.4, -0.2) is 19.8 Å². The molecule has 0 amide bonds. The number of ether oxygens (including phenoxy) is 2. The summed E-state index contributed by atoms with van der Waals surface area (Å²) in [7, 11) is 0. The molecule has 1 heterocycles. The highest BCUT2D eigenvalue weighted by molar-refractivity contribution is 9.10. The summed E-state index contributed by atoms with van der Waals surface area (Å²) < 4.78 is 12.2. The molecule has 0 spiro atoms. The van der Waals surface area contributed by atoms with Crippen LogP contribution in [0, 0.1) is 0 Å². The Balaban J connectivity index is 2.25. The summed E-state index contributed by atoms with van der Waals surface area (Å²) in [6, 6.07) is 4.03. The van der Waals surface area contributed by atoms with Gasteiger partial charge >= 0.3 is 0 Å². The Labute approximate surface area is 110 Å². The van der Waals surface area contributed by atoms with Gasteiger partial charge < -0.3 is 15.2 Å². The van der Waals surface area contributed by atoms with Crippen molar-refractivity contribution >= 4 is 22.0 Å². The molecule has 2 N–H and O–H groups in total. The Morgan fingerprint density at radius 1 is 1.29 bits per heavy atom. The standard InChI is InChI=1S/C13H16BrNO2/c14-11-8-10(4-1-2-5-15)9-12-13(11)17-7-3-6-16-12/h1,4,8-9H,2-3,5-7,15H2/b4-1+. The first-order valence-corrected chi connectivity index (χ1v) is 6.56. The summed E-state index contributed by atoms with van der Waals surface area (Å²) in [6.07, 6.45) is 5.91. The fourth-order valence-corrected chi connectivity index (χ4v) is 2.24. The van der Waals surface area contributed by atoms with Gasteiger partial charge in [0.15, 0.2) is 11.5 Å². The molecule has 0 radical (unpaired) electrons. The number of hydrogen-bond donors (Lipinski definition) is 1. The number of fused-ring (bicyclic) bond motifs is 1. The molecule has 0 fully saturated rings. The molecule has 2 rings (SSSR count). The van der Waals surface area contributed by atoms with Crippen molar-refractivity contribution in [2.24, 2.45) is 5.73 Å². The number of nitrogens with two attached hydrogens (primary N) is 1. The van der Waals surface area contributed by atoms with E-state index in [4.69, 9.17) is 15.2 Å². The van der Waals surface area contributed by atoms with Crippen LogP contribution in [0.2, 0.25) is 0 Å². The van der Waals surface area contributed by atoms with Crippen LogP contribution in [0.4, 0.5) is 0 Å². The van der Waals surface area contributed by atoms with Gasteiger partial charge in [-0.15, -0.1) is 0 Å². The minimum atomic E-state index is 0.669. The molecule has 1 aliphatic heterocycles. The molecule has 0 aliphatic carbocycles. The van der Waals surface area contributed by atoms with Gasteiger partial charge in [-0.1, -0.05) is 12.2 Å². The van der Waals surface area contributed by atoms with Gasteiger partial charge in [-0.25, -0.2) is 0 Å². The lowest BCUT2D eigenvalue weighted by Crippen LogP contribution is -1.97. The second-order valence-corrected chi connectivity index (χ2v) is 4.71. The summed E-state index contributed by atoms with van der Waals surface area (Å²) in [5.74, 6) is 1.61. The van der Waals surface area contributed by atoms with E-state index >= 15 is 0 Å². The van der Waals surface area contributed by atoms with Crippen LogP contribution in [0.3, 0.4) is 0 Å². The van der Waals surface area contributed by atoms with Crippen molar-refractivity contribution in [3.05, 3.63) is 28.2 Å². The molecule has 1 aliphatic rings. The van der Waals surface area contributed by atoms with Crippen molar-refractivity contribution in [3.63, 3.8) is 0 Å². The molecular formula is C13H16BrNO2. The van der Waals surface area contributed by atoms with Gasteiger partial charge in [0.1, 0.15) is 0 Å². The zero-order valence-electron chi connectivity index (χ0n) is 9.62. The summed E-state index contributed by atoms with van der Waals surface area (Å²) in [5.41, 5.74) is 6.54. The SMILES string of the molecule is NCC/C=C/c1cc(Br)c2c(c1)OCCCO2. The molecule has 0 saturated carbocycles. The molecule has 92 valence electrons. The van der Waals surface area contributed by atoms with E-state index in [2.05, 4.69) is 22.0 Å². The van der Waals surface area contributed by atoms with Crippen LogP contribution in [0.1, 0.15) is 18.4 Å². The van der Waals surface area contributed by atoms with E-state index in [0.717, 1.165) is 34.4 Å². The Morgan fingerprint density at radius 2 is 2.12 bits per heavy atom. The third-order valence-corrected chi connectivity index (χ3v) is 3.06. The molecule has 3 nitrogen and oxygen atoms in total. The predicted octanol–water partition coefficient (Wildman–Crippen LogP) is 2.97. The zero-order chi connectivity index (χ0) is 12.1. The Bertz CT molecular complexity index is 418. The number of halogens is 1. The summed E-state index contributed by atoms with van der Waals surface area (Å²) in [4.78, 5) is 0. The Kier molecular flexibility index (Phi) is 4.45. The maximum atomic E-state index is 5.66. The topological polar surface area (TPSA) is 44.5 Å². The molecule has 1 aromatic carbocycles. The van der Waals surface area contributed by atoms with Crippen LogP contribution in [-0.2, 0) is 0 Å². The first-order chi connectivity index (χ1) is 8.31. The van der Waals surface area contributed by atoms with Crippen molar-refractivity contribution in [1.29, 1.82) is 0 Å². The summed E-state index contributed by atoms with van der Waals surface area (Å²) >= 11 is 3.51. The average molecular weight is 298 g/mol. The molecule has 1 aromatic rings. The van der Waals surface area contributed by atoms with Crippen molar-refractivity contribution in [2.45, 2.75) is 12.8 Å². The van der Waals surface area contributed by atoms with Gasteiger partial charge in [-0.3, -0.25) is 0 Å². The lowest BCUT2D eigenvalue weighted by atomic mass is 10.1. The van der Waals surface area contributed by atoms with Gasteiger partial charge in [0.05, 0.1) is 17.7 Å². The van der Waals surface area contributed by atoms with E-state index in [1.165, 1.54) is 0 Å². The zero-order valence-corrected chi connectivity index (χ0v) is 11.2. The van der Waals surface area contributed by atoms with E-state index in [9.17, 15) is 0 Å². The molecule has 17 heavy (non-hydrogen) atoms. The minimum absolute atomic E-state index is 0.669. The molecular weight excluding hydrogens is 282 g/mol. The second kappa shape index (κ2) is 6.07. The smallest absolute Gasteiger partial charge is 0.175 e. The van der Waals surface area contributed by atoms with Gasteiger partial charge in [0.25, 0.3) is 0 Å². The van der Waals surface area contributed by atoms with Crippen molar-refractivity contribution < 1.29 is 9.47 Å². The number of rotatable bonds is 3. The fourth-order valence-electron chi connectivity index (χ4n) is 1.66. The molecule has 0 unspecified atom stereocenters. The van der Waals surface area contributed by atoms with E-state index in [1.54, 1.807) is 0 Å². The quantitative estimate of drug-likeness (QED) is 0.933. The normalized spacial score (nSPS) is 14.9. The van der Waals surface area contributed by atoms with Crippen LogP contribution < -0.4 is 15.2 Å². The highest BCUT2D eigenvalue weighted by Gasteiger charge is 2.14. The monoisotopic (exact) mass is 297 g/mol. The first kappa shape index (κ1) is 12.5. The molecule has 0 atom stereocenters. The van der Waals surface area contributed by atoms with Gasteiger partial charge in [-0.05, 0) is 46.6 Å². The maximum Gasteiger partial charge on any atom is 0.175 e. The minimum Gasteiger partial charge on any atom is -0.489 e. The highest BCUT2D eigenvalue weighted by atomic mass is 79.9. The fraction of sp³-hybridized carbons (Fsp3) is 0.385. The van der Waals surface area contributed by atoms with Crippen molar-refractivity contribution in [1.82, 2.24) is 0 Å². The van der Waals surface area contributed by atoms with Crippen LogP contribution in [0.5, 0.6) is 11.5 Å². The second-order valence-electron chi connectivity index (χ2n) is 3.86. The van der Waals surface area contributed by atoms with Crippen molar-refractivity contribution in [2.75, 3.05) is 19.8 Å². The lowest BCUT2D eigenvalue weighted by Gasteiger charge is -2.10. The van der Waals surface area contributed by atoms with E-state index in [0.29, 0.717) is 19.8 Å². The molecule has 0 aromatic heterocycles. The van der Waals surface area contributed by atoms with Crippen LogP contribution in [0.25, 0.3) is 6.08 Å². The maximum absolute atomic E-state index is 5.66. The van der Waals surface area contributed by atoms with Gasteiger partial charge in [0, 0.05) is 6.42 Å². The third-order valence-electron chi connectivity index (χ3n) is 2.47. The largest absolute Gasteiger partial charge is 0.489 e. The Morgan fingerprint density at radius 3 is 2.94 bits per heavy atom. The van der Waals surface area contributed by atoms with E-state index in [-0.39, 0.29) is 0 Å². The highest BCUT2D eigenvalue weighted by Crippen LogP contribution is 2.38. The van der Waals surface area contributed by atoms with Crippen LogP contribution >= 0.6 is 15.9 Å².